The van der Waals surface area contributed by atoms with E-state index in [1.165, 1.54) is 12.1 Å². The molecule has 1 saturated carbocycles. The van der Waals surface area contributed by atoms with Crippen LogP contribution in [0.1, 0.15) is 38.7 Å². The van der Waals surface area contributed by atoms with E-state index in [-0.39, 0.29) is 23.4 Å². The summed E-state index contributed by atoms with van der Waals surface area (Å²) in [5.41, 5.74) is 0.938. The Bertz CT molecular complexity index is 426. The van der Waals surface area contributed by atoms with Crippen LogP contribution in [0.3, 0.4) is 0 Å². The maximum absolute atomic E-state index is 13.6. The number of anilines is 1. The van der Waals surface area contributed by atoms with E-state index in [0.717, 1.165) is 19.3 Å². The molecule has 94 valence electrons. The second-order valence-corrected chi connectivity index (χ2v) is 5.83. The van der Waals surface area contributed by atoms with E-state index in [2.05, 4.69) is 19.2 Å². The smallest absolute Gasteiger partial charge is 0.146 e. The van der Waals surface area contributed by atoms with Gasteiger partial charge in [0.15, 0.2) is 0 Å². The molecule has 1 N–H and O–H groups in total. The van der Waals surface area contributed by atoms with Gasteiger partial charge >= 0.3 is 0 Å². The van der Waals surface area contributed by atoms with E-state index < -0.39 is 0 Å². The highest BCUT2D eigenvalue weighted by atomic mass is 19.1. The fourth-order valence-corrected chi connectivity index (χ4v) is 2.54. The number of benzene rings is 1. The molecular weight excluding hydrogens is 220 g/mol. The van der Waals surface area contributed by atoms with Gasteiger partial charge in [0.25, 0.3) is 0 Å². The first-order valence-electron chi connectivity index (χ1n) is 6.09. The Hall–Kier alpha value is -1.12. The van der Waals surface area contributed by atoms with Gasteiger partial charge < -0.3 is 5.32 Å². The maximum atomic E-state index is 13.6. The van der Waals surface area contributed by atoms with Crippen molar-refractivity contribution in [3.8, 4) is 0 Å². The SMILES string of the molecule is Cc1cc(F)c(NC2CCC(C)(C)C2)cc1F. The molecule has 1 atom stereocenters. The fraction of sp³-hybridized carbons (Fsp3) is 0.571. The van der Waals surface area contributed by atoms with Crippen LogP contribution in [0.25, 0.3) is 0 Å². The molecule has 17 heavy (non-hydrogen) atoms. The Balaban J connectivity index is 2.12. The molecule has 1 aliphatic rings. The third kappa shape index (κ3) is 2.76. The van der Waals surface area contributed by atoms with Gasteiger partial charge in [-0.1, -0.05) is 13.8 Å². The van der Waals surface area contributed by atoms with Gasteiger partial charge in [0.2, 0.25) is 0 Å². The summed E-state index contributed by atoms with van der Waals surface area (Å²) >= 11 is 0. The lowest BCUT2D eigenvalue weighted by Crippen LogP contribution is -2.18. The van der Waals surface area contributed by atoms with E-state index in [9.17, 15) is 8.78 Å². The predicted molar refractivity (Wildman–Crippen MR) is 66.1 cm³/mol. The normalized spacial score (nSPS) is 22.8. The Morgan fingerprint density at radius 3 is 2.53 bits per heavy atom. The van der Waals surface area contributed by atoms with Crippen molar-refractivity contribution in [2.45, 2.75) is 46.1 Å². The molecule has 0 aliphatic heterocycles. The highest BCUT2D eigenvalue weighted by Crippen LogP contribution is 2.38. The largest absolute Gasteiger partial charge is 0.380 e. The first-order chi connectivity index (χ1) is 7.87. The van der Waals surface area contributed by atoms with Crippen LogP contribution in [0.2, 0.25) is 0 Å². The third-order valence-electron chi connectivity index (χ3n) is 3.58. The summed E-state index contributed by atoms with van der Waals surface area (Å²) in [5.74, 6) is -0.722. The highest BCUT2D eigenvalue weighted by molar-refractivity contribution is 5.47. The topological polar surface area (TPSA) is 12.0 Å². The first kappa shape index (κ1) is 12.3. The number of hydrogen-bond acceptors (Lipinski definition) is 1. The van der Waals surface area contributed by atoms with Crippen molar-refractivity contribution < 1.29 is 8.78 Å². The van der Waals surface area contributed by atoms with Crippen molar-refractivity contribution in [2.24, 2.45) is 5.41 Å². The summed E-state index contributed by atoms with van der Waals surface area (Å²) < 4.78 is 27.0. The number of hydrogen-bond donors (Lipinski definition) is 1. The van der Waals surface area contributed by atoms with Crippen molar-refractivity contribution >= 4 is 5.69 Å². The number of nitrogens with one attached hydrogen (secondary N) is 1. The lowest BCUT2D eigenvalue weighted by molar-refractivity contribution is 0.378. The molecule has 0 saturated heterocycles. The van der Waals surface area contributed by atoms with E-state index in [1.54, 1.807) is 6.92 Å². The average Bonchev–Trinajstić information content (AvgIpc) is 2.54. The van der Waals surface area contributed by atoms with Crippen molar-refractivity contribution in [2.75, 3.05) is 5.32 Å². The molecule has 0 aromatic heterocycles. The number of rotatable bonds is 2. The molecule has 3 heteroatoms. The molecule has 0 heterocycles. The monoisotopic (exact) mass is 239 g/mol. The van der Waals surface area contributed by atoms with Crippen molar-refractivity contribution in [3.05, 3.63) is 29.3 Å². The molecule has 0 amide bonds. The predicted octanol–water partition coefficient (Wildman–Crippen LogP) is 4.26. The number of aryl methyl sites for hydroxylation is 1. The fourth-order valence-electron chi connectivity index (χ4n) is 2.54. The molecule has 0 bridgehead atoms. The van der Waals surface area contributed by atoms with Crippen LogP contribution in [0.4, 0.5) is 14.5 Å². The Kier molecular flexibility index (Phi) is 3.11. The zero-order chi connectivity index (χ0) is 12.6. The second kappa shape index (κ2) is 4.28. The molecule has 0 radical (unpaired) electrons. The van der Waals surface area contributed by atoms with Gasteiger partial charge in [-0.3, -0.25) is 0 Å². The standard InChI is InChI=1S/C14H19F2N/c1-9-6-12(16)13(7-11(9)15)17-10-4-5-14(2,3)8-10/h6-7,10,17H,4-5,8H2,1-3H3. The summed E-state index contributed by atoms with van der Waals surface area (Å²) in [4.78, 5) is 0. The zero-order valence-electron chi connectivity index (χ0n) is 10.6. The summed E-state index contributed by atoms with van der Waals surface area (Å²) in [7, 11) is 0. The van der Waals surface area contributed by atoms with Crippen molar-refractivity contribution in [1.82, 2.24) is 0 Å². The minimum Gasteiger partial charge on any atom is -0.380 e. The second-order valence-electron chi connectivity index (χ2n) is 5.83. The van der Waals surface area contributed by atoms with Gasteiger partial charge in [-0.05, 0) is 43.2 Å². The van der Waals surface area contributed by atoms with E-state index in [0.29, 0.717) is 11.0 Å². The molecule has 0 spiro atoms. The molecule has 1 unspecified atom stereocenters. The van der Waals surface area contributed by atoms with Crippen LogP contribution in [-0.4, -0.2) is 6.04 Å². The van der Waals surface area contributed by atoms with E-state index >= 15 is 0 Å². The Morgan fingerprint density at radius 1 is 1.24 bits per heavy atom. The Morgan fingerprint density at radius 2 is 1.94 bits per heavy atom. The number of halogens is 2. The van der Waals surface area contributed by atoms with Crippen LogP contribution in [0.15, 0.2) is 12.1 Å². The molecule has 1 aliphatic carbocycles. The highest BCUT2D eigenvalue weighted by Gasteiger charge is 2.31. The molecule has 2 rings (SSSR count). The molecule has 1 nitrogen and oxygen atoms in total. The van der Waals surface area contributed by atoms with Gasteiger partial charge in [0, 0.05) is 12.1 Å². The van der Waals surface area contributed by atoms with E-state index in [1.807, 2.05) is 0 Å². The molecular formula is C14H19F2N. The quantitative estimate of drug-likeness (QED) is 0.813. The van der Waals surface area contributed by atoms with Gasteiger partial charge in [0.05, 0.1) is 5.69 Å². The summed E-state index contributed by atoms with van der Waals surface area (Å²) in [6.45, 7) is 5.99. The lowest BCUT2D eigenvalue weighted by atomic mass is 9.92. The average molecular weight is 239 g/mol. The summed E-state index contributed by atoms with van der Waals surface area (Å²) in [5, 5.41) is 3.12. The first-order valence-corrected chi connectivity index (χ1v) is 6.09. The minimum atomic E-state index is -0.367. The molecule has 1 fully saturated rings. The zero-order valence-corrected chi connectivity index (χ0v) is 10.6. The van der Waals surface area contributed by atoms with Crippen LogP contribution in [0.5, 0.6) is 0 Å². The summed E-state index contributed by atoms with van der Waals surface area (Å²) in [6.07, 6.45) is 3.14. The minimum absolute atomic E-state index is 0.251. The van der Waals surface area contributed by atoms with Crippen LogP contribution >= 0.6 is 0 Å². The molecule has 1 aromatic carbocycles. The van der Waals surface area contributed by atoms with Gasteiger partial charge in [-0.2, -0.15) is 0 Å². The molecule has 1 aromatic rings. The summed E-state index contributed by atoms with van der Waals surface area (Å²) in [6, 6.07) is 2.76. The van der Waals surface area contributed by atoms with Crippen molar-refractivity contribution in [1.29, 1.82) is 0 Å². The van der Waals surface area contributed by atoms with Gasteiger partial charge in [-0.25, -0.2) is 8.78 Å². The van der Waals surface area contributed by atoms with Crippen LogP contribution in [0, 0.1) is 24.0 Å². The van der Waals surface area contributed by atoms with Gasteiger partial charge in [0.1, 0.15) is 11.6 Å². The maximum Gasteiger partial charge on any atom is 0.146 e. The van der Waals surface area contributed by atoms with Crippen LogP contribution in [-0.2, 0) is 0 Å². The van der Waals surface area contributed by atoms with Gasteiger partial charge in [-0.15, -0.1) is 0 Å². The van der Waals surface area contributed by atoms with Crippen molar-refractivity contribution in [3.63, 3.8) is 0 Å². The van der Waals surface area contributed by atoms with E-state index in [4.69, 9.17) is 0 Å². The van der Waals surface area contributed by atoms with Crippen LogP contribution < -0.4 is 5.32 Å². The lowest BCUT2D eigenvalue weighted by Gasteiger charge is -2.19. The Labute approximate surface area is 101 Å². The third-order valence-corrected chi connectivity index (χ3v) is 3.58.